The first-order chi connectivity index (χ1) is 10.1. The summed E-state index contributed by atoms with van der Waals surface area (Å²) in [4.78, 5) is 22.9. The highest BCUT2D eigenvalue weighted by atomic mass is 16.4. The number of carbonyl (C=O) groups excluding carboxylic acids is 1. The van der Waals surface area contributed by atoms with Crippen molar-refractivity contribution in [2.24, 2.45) is 5.73 Å². The lowest BCUT2D eigenvalue weighted by molar-refractivity contribution is -0.136. The zero-order valence-corrected chi connectivity index (χ0v) is 11.2. The highest BCUT2D eigenvalue weighted by Crippen LogP contribution is 2.16. The molecule has 110 valence electrons. The van der Waals surface area contributed by atoms with Crippen molar-refractivity contribution in [3.63, 3.8) is 0 Å². The minimum absolute atomic E-state index is 0.147. The number of anilines is 1. The van der Waals surface area contributed by atoms with Crippen molar-refractivity contribution in [3.8, 4) is 0 Å². The van der Waals surface area contributed by atoms with Gasteiger partial charge >= 0.3 is 5.97 Å². The largest absolute Gasteiger partial charge is 0.481 e. The highest BCUT2D eigenvalue weighted by molar-refractivity contribution is 6.03. The molecule has 0 aliphatic heterocycles. The van der Waals surface area contributed by atoms with Crippen LogP contribution in [0.5, 0.6) is 0 Å². The molecule has 0 fully saturated rings. The number of carbonyl (C=O) groups is 2. The fourth-order valence-corrected chi connectivity index (χ4v) is 1.79. The van der Waals surface area contributed by atoms with E-state index in [4.69, 9.17) is 10.8 Å². The van der Waals surface area contributed by atoms with Crippen LogP contribution in [0.2, 0.25) is 0 Å². The maximum Gasteiger partial charge on any atom is 0.307 e. The average Bonchev–Trinajstić information content (AvgIpc) is 2.89. The first-order valence-electron chi connectivity index (χ1n) is 6.31. The number of amides is 1. The molecule has 1 aromatic carbocycles. The third-order valence-electron chi connectivity index (χ3n) is 2.74. The van der Waals surface area contributed by atoms with Crippen molar-refractivity contribution in [1.29, 1.82) is 0 Å². The number of para-hydroxylation sites is 1. The van der Waals surface area contributed by atoms with Crippen LogP contribution in [-0.4, -0.2) is 38.5 Å². The number of carboxylic acids is 1. The number of hydrogen-bond donors (Lipinski definition) is 3. The maximum absolute atomic E-state index is 12.1. The van der Waals surface area contributed by atoms with Gasteiger partial charge in [-0.15, -0.1) is 5.10 Å². The van der Waals surface area contributed by atoms with Gasteiger partial charge in [0, 0.05) is 12.2 Å². The number of carboxylic acid groups (broad SMARTS) is 1. The van der Waals surface area contributed by atoms with Crippen molar-refractivity contribution in [1.82, 2.24) is 15.0 Å². The van der Waals surface area contributed by atoms with E-state index in [0.717, 1.165) is 0 Å². The molecule has 2 rings (SSSR count). The lowest BCUT2D eigenvalue weighted by Gasteiger charge is -2.08. The number of nitrogens with one attached hydrogen (secondary N) is 1. The van der Waals surface area contributed by atoms with Gasteiger partial charge in [0.15, 0.2) is 5.69 Å². The summed E-state index contributed by atoms with van der Waals surface area (Å²) in [6.07, 6.45) is 1.32. The van der Waals surface area contributed by atoms with Gasteiger partial charge in [0.1, 0.15) is 0 Å². The molecule has 0 saturated heterocycles. The summed E-state index contributed by atoms with van der Waals surface area (Å²) < 4.78 is 1.47. The van der Waals surface area contributed by atoms with Gasteiger partial charge in [-0.25, -0.2) is 0 Å². The van der Waals surface area contributed by atoms with Crippen LogP contribution in [-0.2, 0) is 17.8 Å². The number of rotatable bonds is 6. The van der Waals surface area contributed by atoms with E-state index in [9.17, 15) is 9.59 Å². The van der Waals surface area contributed by atoms with Crippen molar-refractivity contribution in [2.45, 2.75) is 13.0 Å². The Morgan fingerprint density at radius 1 is 1.33 bits per heavy atom. The molecular weight excluding hydrogens is 274 g/mol. The first kappa shape index (κ1) is 14.7. The van der Waals surface area contributed by atoms with Crippen molar-refractivity contribution in [3.05, 3.63) is 41.7 Å². The number of nitrogens with zero attached hydrogens (tertiary/aromatic N) is 3. The Bertz CT molecular complexity index is 653. The Morgan fingerprint density at radius 3 is 2.81 bits per heavy atom. The molecule has 2 aromatic rings. The van der Waals surface area contributed by atoms with Gasteiger partial charge in [-0.2, -0.15) is 0 Å². The number of hydrogen-bond acceptors (Lipinski definition) is 5. The van der Waals surface area contributed by atoms with Gasteiger partial charge in [0.25, 0.3) is 5.91 Å². The molecule has 0 spiro atoms. The summed E-state index contributed by atoms with van der Waals surface area (Å²) in [7, 11) is 0. The lowest BCUT2D eigenvalue weighted by Crippen LogP contribution is -2.15. The molecule has 0 radical (unpaired) electrons. The van der Waals surface area contributed by atoms with Crippen LogP contribution in [0, 0.1) is 0 Å². The topological polar surface area (TPSA) is 123 Å². The van der Waals surface area contributed by atoms with E-state index in [-0.39, 0.29) is 12.1 Å². The molecule has 0 unspecified atom stereocenters. The van der Waals surface area contributed by atoms with Crippen LogP contribution in [0.4, 0.5) is 5.69 Å². The van der Waals surface area contributed by atoms with Gasteiger partial charge in [0.2, 0.25) is 0 Å². The third kappa shape index (κ3) is 3.86. The summed E-state index contributed by atoms with van der Waals surface area (Å²) in [5.74, 6) is -1.42. The summed E-state index contributed by atoms with van der Waals surface area (Å²) in [5.41, 5.74) is 6.50. The Balaban J connectivity index is 2.13. The Labute approximate surface area is 120 Å². The number of aromatic nitrogens is 3. The van der Waals surface area contributed by atoms with Crippen molar-refractivity contribution >= 4 is 17.6 Å². The second kappa shape index (κ2) is 6.62. The van der Waals surface area contributed by atoms with E-state index in [2.05, 4.69) is 15.6 Å². The quantitative estimate of drug-likeness (QED) is 0.694. The summed E-state index contributed by atoms with van der Waals surface area (Å²) in [6.45, 7) is 0.863. The number of aliphatic carboxylic acids is 1. The zero-order valence-electron chi connectivity index (χ0n) is 11.2. The SMILES string of the molecule is NCCn1cc(C(=O)Nc2ccccc2CC(=O)O)nn1. The van der Waals surface area contributed by atoms with Crippen LogP contribution >= 0.6 is 0 Å². The number of nitrogens with two attached hydrogens (primary N) is 1. The minimum atomic E-state index is -0.967. The van der Waals surface area contributed by atoms with Crippen LogP contribution < -0.4 is 11.1 Å². The molecule has 8 nitrogen and oxygen atoms in total. The number of benzene rings is 1. The van der Waals surface area contributed by atoms with Gasteiger partial charge < -0.3 is 16.2 Å². The van der Waals surface area contributed by atoms with E-state index in [1.807, 2.05) is 0 Å². The molecule has 0 atom stereocenters. The average molecular weight is 289 g/mol. The van der Waals surface area contributed by atoms with Crippen LogP contribution in [0.25, 0.3) is 0 Å². The predicted molar refractivity (Wildman–Crippen MR) is 74.8 cm³/mol. The third-order valence-corrected chi connectivity index (χ3v) is 2.74. The van der Waals surface area contributed by atoms with Crippen LogP contribution in [0.1, 0.15) is 16.1 Å². The molecule has 0 aliphatic rings. The van der Waals surface area contributed by atoms with Gasteiger partial charge in [-0.05, 0) is 11.6 Å². The van der Waals surface area contributed by atoms with E-state index < -0.39 is 11.9 Å². The minimum Gasteiger partial charge on any atom is -0.481 e. The van der Waals surface area contributed by atoms with Crippen molar-refractivity contribution in [2.75, 3.05) is 11.9 Å². The normalized spacial score (nSPS) is 10.3. The molecule has 0 saturated carbocycles. The van der Waals surface area contributed by atoms with Gasteiger partial charge in [-0.1, -0.05) is 23.4 Å². The fraction of sp³-hybridized carbons (Fsp3) is 0.231. The summed E-state index contributed by atoms with van der Waals surface area (Å²) >= 11 is 0. The maximum atomic E-state index is 12.1. The monoisotopic (exact) mass is 289 g/mol. The molecule has 4 N–H and O–H groups in total. The van der Waals surface area contributed by atoms with Gasteiger partial charge in [-0.3, -0.25) is 14.3 Å². The Kier molecular flexibility index (Phi) is 4.62. The van der Waals surface area contributed by atoms with E-state index >= 15 is 0 Å². The highest BCUT2D eigenvalue weighted by Gasteiger charge is 2.13. The van der Waals surface area contributed by atoms with Crippen molar-refractivity contribution < 1.29 is 14.7 Å². The van der Waals surface area contributed by atoms with Crippen LogP contribution in [0.3, 0.4) is 0 Å². The molecule has 21 heavy (non-hydrogen) atoms. The standard InChI is InChI=1S/C13H15N5O3/c14-5-6-18-8-11(16-17-18)13(21)15-10-4-2-1-3-9(10)7-12(19)20/h1-4,8H,5-7,14H2,(H,15,21)(H,19,20). The first-order valence-corrected chi connectivity index (χ1v) is 6.31. The summed E-state index contributed by atoms with van der Waals surface area (Å²) in [6, 6.07) is 6.72. The second-order valence-corrected chi connectivity index (χ2v) is 4.34. The lowest BCUT2D eigenvalue weighted by atomic mass is 10.1. The Morgan fingerprint density at radius 2 is 2.10 bits per heavy atom. The molecule has 0 aliphatic carbocycles. The van der Waals surface area contributed by atoms with E-state index in [1.165, 1.54) is 10.9 Å². The smallest absolute Gasteiger partial charge is 0.307 e. The zero-order chi connectivity index (χ0) is 15.2. The molecule has 0 bridgehead atoms. The molecule has 1 heterocycles. The molecular formula is C13H15N5O3. The fourth-order valence-electron chi connectivity index (χ4n) is 1.79. The molecule has 1 aromatic heterocycles. The Hall–Kier alpha value is -2.74. The molecule has 8 heteroatoms. The summed E-state index contributed by atoms with van der Waals surface area (Å²) in [5, 5.41) is 19.0. The second-order valence-electron chi connectivity index (χ2n) is 4.34. The molecule has 1 amide bonds. The van der Waals surface area contributed by atoms with Crippen LogP contribution in [0.15, 0.2) is 30.5 Å². The van der Waals surface area contributed by atoms with E-state index in [1.54, 1.807) is 24.3 Å². The predicted octanol–water partition coefficient (Wildman–Crippen LogP) is 0.116. The van der Waals surface area contributed by atoms with E-state index in [0.29, 0.717) is 24.3 Å². The van der Waals surface area contributed by atoms with Gasteiger partial charge in [0.05, 0.1) is 19.2 Å².